The molecule has 0 N–H and O–H groups in total. The third-order valence-electron chi connectivity index (χ3n) is 4.37. The maximum Gasteiger partial charge on any atom is 0.352 e. The van der Waals surface area contributed by atoms with Crippen LogP contribution < -0.4 is 11.2 Å². The second-order valence-corrected chi connectivity index (χ2v) is 7.98. The van der Waals surface area contributed by atoms with Gasteiger partial charge in [-0.3, -0.25) is 9.36 Å². The Labute approximate surface area is 161 Å². The van der Waals surface area contributed by atoms with Gasteiger partial charge in [0.25, 0.3) is 5.56 Å². The van der Waals surface area contributed by atoms with Gasteiger partial charge in [0, 0.05) is 11.0 Å². The van der Waals surface area contributed by atoms with Gasteiger partial charge in [-0.15, -0.1) is 16.4 Å². The molecule has 0 atom stereocenters. The molecule has 134 valence electrons. The first-order chi connectivity index (χ1) is 12.6. The van der Waals surface area contributed by atoms with E-state index < -0.39 is 0 Å². The van der Waals surface area contributed by atoms with E-state index in [4.69, 9.17) is 0 Å². The van der Waals surface area contributed by atoms with Crippen molar-refractivity contribution in [3.63, 3.8) is 0 Å². The van der Waals surface area contributed by atoms with Gasteiger partial charge < -0.3 is 0 Å². The highest BCUT2D eigenvalue weighted by Gasteiger charge is 2.18. The predicted molar refractivity (Wildman–Crippen MR) is 107 cm³/mol. The first-order valence-electron chi connectivity index (χ1n) is 8.44. The fourth-order valence-electron chi connectivity index (χ4n) is 3.02. The fraction of sp³-hybridized carbons (Fsp3) is 0.278. The molecule has 3 aromatic heterocycles. The Morgan fingerprint density at radius 1 is 1.15 bits per heavy atom. The minimum Gasteiger partial charge on any atom is -0.276 e. The number of fused-ring (bicyclic) bond motifs is 3. The molecule has 4 rings (SSSR count). The molecular weight excluding hydrogens is 416 g/mol. The lowest BCUT2D eigenvalue weighted by Gasteiger charge is -2.06. The zero-order valence-corrected chi connectivity index (χ0v) is 16.6. The third kappa shape index (κ3) is 2.83. The summed E-state index contributed by atoms with van der Waals surface area (Å²) in [7, 11) is 0. The lowest BCUT2D eigenvalue weighted by atomic mass is 10.2. The van der Waals surface area contributed by atoms with Crippen LogP contribution in [-0.2, 0) is 13.1 Å². The molecule has 0 spiro atoms. The molecule has 0 saturated heterocycles. The quantitative estimate of drug-likeness (QED) is 0.484. The summed E-state index contributed by atoms with van der Waals surface area (Å²) in [6.07, 6.45) is 1.82. The average molecular weight is 433 g/mol. The Balaban J connectivity index is 1.93. The molecule has 0 bridgehead atoms. The van der Waals surface area contributed by atoms with Crippen molar-refractivity contribution < 1.29 is 0 Å². The summed E-state index contributed by atoms with van der Waals surface area (Å²) >= 11 is 4.78. The zero-order chi connectivity index (χ0) is 18.3. The van der Waals surface area contributed by atoms with E-state index in [2.05, 4.69) is 28.0 Å². The van der Waals surface area contributed by atoms with E-state index in [9.17, 15) is 9.59 Å². The number of hydrogen-bond donors (Lipinski definition) is 0. The van der Waals surface area contributed by atoms with Gasteiger partial charge in [-0.05, 0) is 35.6 Å². The molecule has 0 radical (unpaired) electrons. The van der Waals surface area contributed by atoms with Crippen LogP contribution in [0.1, 0.15) is 25.3 Å². The topological polar surface area (TPSA) is 61.3 Å². The smallest absolute Gasteiger partial charge is 0.276 e. The van der Waals surface area contributed by atoms with Gasteiger partial charge in [-0.25, -0.2) is 13.9 Å². The second kappa shape index (κ2) is 6.85. The second-order valence-electron chi connectivity index (χ2n) is 6.15. The highest BCUT2D eigenvalue weighted by Crippen LogP contribution is 2.18. The Kier molecular flexibility index (Phi) is 4.54. The number of benzene rings is 1. The Morgan fingerprint density at radius 2 is 1.92 bits per heavy atom. The van der Waals surface area contributed by atoms with E-state index in [0.717, 1.165) is 22.9 Å². The molecule has 8 heteroatoms. The number of unbranched alkanes of at least 4 members (excludes halogenated alkanes) is 1. The zero-order valence-electron chi connectivity index (χ0n) is 14.2. The Morgan fingerprint density at radius 3 is 2.65 bits per heavy atom. The summed E-state index contributed by atoms with van der Waals surface area (Å²) in [6, 6.07) is 9.58. The molecule has 0 aliphatic carbocycles. The van der Waals surface area contributed by atoms with Crippen molar-refractivity contribution in [2.75, 3.05) is 0 Å². The van der Waals surface area contributed by atoms with Crippen LogP contribution in [0.5, 0.6) is 0 Å². The van der Waals surface area contributed by atoms with Gasteiger partial charge >= 0.3 is 5.69 Å². The molecule has 0 aliphatic rings. The van der Waals surface area contributed by atoms with Crippen molar-refractivity contribution in [1.29, 1.82) is 0 Å². The normalized spacial score (nSPS) is 11.6. The first-order valence-corrected chi connectivity index (χ1v) is 10.1. The number of aromatic nitrogens is 4. The summed E-state index contributed by atoms with van der Waals surface area (Å²) in [4.78, 5) is 25.8. The van der Waals surface area contributed by atoms with E-state index in [1.165, 1.54) is 16.0 Å². The number of nitrogens with zero attached hydrogens (tertiary/aromatic N) is 4. The Bertz CT molecular complexity index is 1200. The van der Waals surface area contributed by atoms with Crippen LogP contribution in [0.15, 0.2) is 49.8 Å². The van der Waals surface area contributed by atoms with Crippen molar-refractivity contribution in [1.82, 2.24) is 18.7 Å². The minimum atomic E-state index is -0.225. The lowest BCUT2D eigenvalue weighted by Crippen LogP contribution is -2.25. The van der Waals surface area contributed by atoms with Crippen molar-refractivity contribution in [2.45, 2.75) is 32.9 Å². The van der Waals surface area contributed by atoms with Crippen LogP contribution in [0, 0.1) is 0 Å². The summed E-state index contributed by atoms with van der Waals surface area (Å²) in [5, 5.41) is 6.34. The number of hydrogen-bond acceptors (Lipinski definition) is 4. The largest absolute Gasteiger partial charge is 0.352 e. The highest BCUT2D eigenvalue weighted by molar-refractivity contribution is 9.10. The number of halogens is 1. The minimum absolute atomic E-state index is 0.0725. The predicted octanol–water partition coefficient (Wildman–Crippen LogP) is 3.48. The van der Waals surface area contributed by atoms with Gasteiger partial charge in [0.05, 0.1) is 12.1 Å². The van der Waals surface area contributed by atoms with Crippen LogP contribution in [0.4, 0.5) is 0 Å². The number of rotatable bonds is 5. The van der Waals surface area contributed by atoms with E-state index in [-0.39, 0.29) is 11.2 Å². The SMILES string of the molecule is CCCCn1c(=O)c2sccc2n2c(=O)n(Cc3ccc(Br)cc3)nc12. The van der Waals surface area contributed by atoms with Gasteiger partial charge in [0.2, 0.25) is 5.78 Å². The van der Waals surface area contributed by atoms with Gasteiger partial charge in [-0.2, -0.15) is 0 Å². The Hall–Kier alpha value is -2.19. The first kappa shape index (κ1) is 17.2. The molecule has 0 unspecified atom stereocenters. The van der Waals surface area contributed by atoms with Crippen LogP contribution in [0.3, 0.4) is 0 Å². The molecule has 0 saturated carbocycles. The maximum absolute atomic E-state index is 13.0. The summed E-state index contributed by atoms with van der Waals surface area (Å²) in [6.45, 7) is 2.99. The van der Waals surface area contributed by atoms with Crippen molar-refractivity contribution in [3.8, 4) is 0 Å². The van der Waals surface area contributed by atoms with Gasteiger partial charge in [0.1, 0.15) is 4.70 Å². The van der Waals surface area contributed by atoms with Crippen LogP contribution in [-0.4, -0.2) is 18.7 Å². The summed E-state index contributed by atoms with van der Waals surface area (Å²) in [5.41, 5.74) is 1.31. The van der Waals surface area contributed by atoms with E-state index >= 15 is 0 Å². The molecule has 1 aromatic carbocycles. The van der Waals surface area contributed by atoms with Gasteiger partial charge in [0.15, 0.2) is 0 Å². The van der Waals surface area contributed by atoms with Crippen LogP contribution in [0.25, 0.3) is 16.0 Å². The van der Waals surface area contributed by atoms with Crippen molar-refractivity contribution in [3.05, 3.63) is 66.6 Å². The van der Waals surface area contributed by atoms with Crippen LogP contribution in [0.2, 0.25) is 0 Å². The van der Waals surface area contributed by atoms with Crippen molar-refractivity contribution in [2.24, 2.45) is 0 Å². The molecule has 0 amide bonds. The molecule has 0 fully saturated rings. The monoisotopic (exact) mass is 432 g/mol. The molecule has 0 aliphatic heterocycles. The van der Waals surface area contributed by atoms with E-state index in [0.29, 0.717) is 29.1 Å². The average Bonchev–Trinajstić information content (AvgIpc) is 3.23. The molecule has 26 heavy (non-hydrogen) atoms. The summed E-state index contributed by atoms with van der Waals surface area (Å²) in [5.74, 6) is 0.413. The molecular formula is C18H17BrN4O2S. The maximum atomic E-state index is 13.0. The molecule has 4 aromatic rings. The van der Waals surface area contributed by atoms with Crippen LogP contribution >= 0.6 is 27.3 Å². The van der Waals surface area contributed by atoms with E-state index in [1.807, 2.05) is 35.7 Å². The third-order valence-corrected chi connectivity index (χ3v) is 5.79. The van der Waals surface area contributed by atoms with E-state index in [1.54, 1.807) is 8.97 Å². The lowest BCUT2D eigenvalue weighted by molar-refractivity contribution is 0.613. The fourth-order valence-corrected chi connectivity index (χ4v) is 4.11. The van der Waals surface area contributed by atoms with Crippen molar-refractivity contribution >= 4 is 43.3 Å². The number of aryl methyl sites for hydroxylation is 1. The standard InChI is InChI=1S/C18H17BrN4O2S/c1-2-3-9-21-16(24)15-14(8-10-26-15)23-17(21)20-22(18(23)25)11-12-4-6-13(19)7-5-12/h4-8,10H,2-3,9,11H2,1H3. The summed E-state index contributed by atoms with van der Waals surface area (Å²) < 4.78 is 6.19. The number of thiophene rings is 1. The molecule has 3 heterocycles. The molecule has 6 nitrogen and oxygen atoms in total. The highest BCUT2D eigenvalue weighted by atomic mass is 79.9. The van der Waals surface area contributed by atoms with Gasteiger partial charge in [-0.1, -0.05) is 41.4 Å².